The molecule has 0 radical (unpaired) electrons. The molecule has 394 valence electrons. The van der Waals surface area contributed by atoms with Crippen molar-refractivity contribution < 1.29 is 13.2 Å². The largest absolute Gasteiger partial charge is 0.417 e. The molecule has 12 rings (SSSR count). The van der Waals surface area contributed by atoms with E-state index in [9.17, 15) is 52.6 Å². The molecule has 2 heterocycles. The molecule has 15 heteroatoms. The Kier molecular flexibility index (Phi) is 12.9. The van der Waals surface area contributed by atoms with Gasteiger partial charge in [0.1, 0.15) is 0 Å². The fourth-order valence-electron chi connectivity index (χ4n) is 11.3. The van der Waals surface area contributed by atoms with Crippen LogP contribution in [-0.2, 0) is 6.18 Å². The van der Waals surface area contributed by atoms with Gasteiger partial charge in [-0.3, -0.25) is 0 Å². The number of halogens is 3. The predicted molar refractivity (Wildman–Crippen MR) is 314 cm³/mol. The lowest BCUT2D eigenvalue weighted by atomic mass is 9.92. The molecule has 0 unspecified atom stereocenters. The van der Waals surface area contributed by atoms with Crippen LogP contribution in [0.3, 0.4) is 0 Å². The van der Waals surface area contributed by atoms with Crippen molar-refractivity contribution in [1.82, 2.24) is 9.13 Å². The van der Waals surface area contributed by atoms with E-state index in [1.165, 1.54) is 48.5 Å². The number of rotatable bonds is 7. The van der Waals surface area contributed by atoms with E-state index >= 15 is 13.2 Å². The first-order valence-electron chi connectivity index (χ1n) is 25.9. The summed E-state index contributed by atoms with van der Waals surface area (Å²) in [7, 11) is 0. The van der Waals surface area contributed by atoms with E-state index in [-0.39, 0.29) is 72.6 Å². The second kappa shape index (κ2) is 20.9. The molecule has 0 aliphatic rings. The van der Waals surface area contributed by atoms with Gasteiger partial charge in [0, 0.05) is 27.1 Å². The van der Waals surface area contributed by atoms with Crippen LogP contribution in [0.25, 0.3) is 111 Å². The number of aromatic nitrogens is 2. The van der Waals surface area contributed by atoms with Crippen molar-refractivity contribution in [3.8, 4) is 128 Å². The first kappa shape index (κ1) is 53.1. The van der Waals surface area contributed by atoms with Gasteiger partial charge in [0.15, 0.2) is 0 Å². The molecule has 0 bridgehead atoms. The van der Waals surface area contributed by atoms with E-state index < -0.39 is 17.3 Å². The van der Waals surface area contributed by atoms with Crippen molar-refractivity contribution in [2.45, 2.75) is 6.18 Å². The maximum atomic E-state index is 16.3. The van der Waals surface area contributed by atoms with E-state index in [0.29, 0.717) is 88.1 Å². The SMILES string of the molecule is N#Cc1cc(C#N)cc(-c2ccc3c4ccc(-c5cc(C#N)cc(C#N)c5)cc4n(-c4cc(C#N)cc(-n5c6cc(-c7cc(C#N)cc(C#N)c7)ccc6c6ccc(-c7cc(C#N)cc(C#N)c7)cc65)c4-c4ccc(C#N)cc4C(F)(F)F)c3c2)c1. The molecule has 10 aromatic carbocycles. The molecule has 0 atom stereocenters. The van der Waals surface area contributed by atoms with Gasteiger partial charge >= 0.3 is 6.18 Å². The Bertz CT molecular complexity index is 4800. The maximum Gasteiger partial charge on any atom is 0.417 e. The molecule has 12 nitrogen and oxygen atoms in total. The lowest BCUT2D eigenvalue weighted by Gasteiger charge is -2.23. The summed E-state index contributed by atoms with van der Waals surface area (Å²) < 4.78 is 52.2. The van der Waals surface area contributed by atoms with Crippen LogP contribution in [0.4, 0.5) is 13.2 Å². The van der Waals surface area contributed by atoms with E-state index in [1.54, 1.807) is 106 Å². The van der Waals surface area contributed by atoms with Crippen LogP contribution in [-0.4, -0.2) is 9.13 Å². The van der Waals surface area contributed by atoms with Gasteiger partial charge in [-0.25, -0.2) is 0 Å². The number of nitriles is 10. The number of hydrogen-bond acceptors (Lipinski definition) is 10. The first-order valence-corrected chi connectivity index (χ1v) is 25.9. The summed E-state index contributed by atoms with van der Waals surface area (Å²) in [5.74, 6) is 0. The normalized spacial score (nSPS) is 10.8. The van der Waals surface area contributed by atoms with Crippen LogP contribution < -0.4 is 0 Å². The number of nitrogens with zero attached hydrogens (tertiary/aromatic N) is 12. The molecule has 0 saturated heterocycles. The van der Waals surface area contributed by atoms with Crippen molar-refractivity contribution in [2.24, 2.45) is 0 Å². The zero-order chi connectivity index (χ0) is 60.1. The maximum absolute atomic E-state index is 16.3. The predicted octanol–water partition coefficient (Wildman–Crippen LogP) is 16.0. The third-order valence-electron chi connectivity index (χ3n) is 15.1. The van der Waals surface area contributed by atoms with Crippen molar-refractivity contribution in [2.75, 3.05) is 0 Å². The Morgan fingerprint density at radius 1 is 0.256 bits per heavy atom. The Morgan fingerprint density at radius 3 is 0.756 bits per heavy atom. The zero-order valence-corrected chi connectivity index (χ0v) is 44.2. The second-order valence-electron chi connectivity index (χ2n) is 20.1. The van der Waals surface area contributed by atoms with E-state index in [2.05, 4.69) is 54.6 Å². The summed E-state index contributed by atoms with van der Waals surface area (Å²) >= 11 is 0. The average molecular weight is 1110 g/mol. The van der Waals surface area contributed by atoms with Gasteiger partial charge in [-0.2, -0.15) is 65.8 Å². The Morgan fingerprint density at radius 2 is 0.512 bits per heavy atom. The average Bonchev–Trinajstić information content (AvgIpc) is 1.55. The smallest absolute Gasteiger partial charge is 0.308 e. The van der Waals surface area contributed by atoms with Gasteiger partial charge in [0.05, 0.1) is 155 Å². The summed E-state index contributed by atoms with van der Waals surface area (Å²) in [4.78, 5) is 0. The minimum Gasteiger partial charge on any atom is -0.308 e. The van der Waals surface area contributed by atoms with Gasteiger partial charge in [-0.1, -0.05) is 54.6 Å². The number of fused-ring (bicyclic) bond motifs is 6. The fourth-order valence-corrected chi connectivity index (χ4v) is 11.3. The van der Waals surface area contributed by atoms with Crippen molar-refractivity contribution >= 4 is 43.6 Å². The monoisotopic (exact) mass is 1110 g/mol. The minimum atomic E-state index is -5.12. The number of hydrogen-bond donors (Lipinski definition) is 0. The molecule has 0 N–H and O–H groups in total. The molecule has 0 saturated carbocycles. The first-order chi connectivity index (χ1) is 41.7. The highest BCUT2D eigenvalue weighted by Crippen LogP contribution is 2.48. The van der Waals surface area contributed by atoms with Crippen LogP contribution in [0.1, 0.15) is 61.2 Å². The molecule has 0 aliphatic heterocycles. The van der Waals surface area contributed by atoms with Gasteiger partial charge in [-0.05, 0) is 171 Å². The number of benzene rings is 10. The van der Waals surface area contributed by atoms with Crippen LogP contribution >= 0.6 is 0 Å². The highest BCUT2D eigenvalue weighted by atomic mass is 19.4. The zero-order valence-electron chi connectivity index (χ0n) is 44.2. The van der Waals surface area contributed by atoms with Crippen LogP contribution in [0.2, 0.25) is 0 Å². The van der Waals surface area contributed by atoms with Crippen LogP contribution in [0.15, 0.2) is 176 Å². The van der Waals surface area contributed by atoms with Crippen molar-refractivity contribution in [1.29, 1.82) is 52.6 Å². The van der Waals surface area contributed by atoms with E-state index in [1.807, 2.05) is 30.3 Å². The molecular formula is C71H29F3N12. The van der Waals surface area contributed by atoms with Crippen LogP contribution in [0, 0.1) is 113 Å². The third kappa shape index (κ3) is 9.09. The minimum absolute atomic E-state index is 0.0212. The standard InChI is InChI=1S/C71H29F3N12/c72-71(73,74)63-23-40(30-75)1-6-62(63)70-68(85-64-26-50(54-15-41(31-76)11-42(16-54)32-77)2-7-58(64)59-8-3-51(27-65(59)85)55-17-43(33-78)12-44(18-55)34-79)24-49(39-84)25-69(70)86-66-28-52(56-19-45(35-80)13-46(20-56)36-81)4-9-60(66)61-10-5-53(29-67(61)86)57-21-47(37-82)14-48(22-57)38-83/h1-29H. The van der Waals surface area contributed by atoms with Gasteiger partial charge in [0.25, 0.3) is 0 Å². The van der Waals surface area contributed by atoms with Gasteiger partial charge in [0.2, 0.25) is 0 Å². The molecule has 86 heavy (non-hydrogen) atoms. The summed E-state index contributed by atoms with van der Waals surface area (Å²) in [6, 6.07) is 67.3. The molecule has 2 aromatic heterocycles. The summed E-state index contributed by atoms with van der Waals surface area (Å²) in [6.45, 7) is 0. The Labute approximate surface area is 487 Å². The van der Waals surface area contributed by atoms with E-state index in [4.69, 9.17) is 0 Å². The molecule has 0 fully saturated rings. The third-order valence-corrected chi connectivity index (χ3v) is 15.1. The van der Waals surface area contributed by atoms with Crippen LogP contribution in [0.5, 0.6) is 0 Å². The Balaban J connectivity index is 1.30. The summed E-state index contributed by atoms with van der Waals surface area (Å²) in [6.07, 6.45) is -5.12. The molecule has 0 spiro atoms. The summed E-state index contributed by atoms with van der Waals surface area (Å²) in [5, 5.41) is 104. The summed E-state index contributed by atoms with van der Waals surface area (Å²) in [5.41, 5.74) is 5.10. The van der Waals surface area contributed by atoms with Crippen molar-refractivity contribution in [3.05, 3.63) is 237 Å². The topological polar surface area (TPSA) is 248 Å². The van der Waals surface area contributed by atoms with Crippen molar-refractivity contribution in [3.63, 3.8) is 0 Å². The lowest BCUT2D eigenvalue weighted by Crippen LogP contribution is -2.11. The lowest BCUT2D eigenvalue weighted by molar-refractivity contribution is -0.137. The van der Waals surface area contributed by atoms with Gasteiger partial charge < -0.3 is 9.13 Å². The highest BCUT2D eigenvalue weighted by Gasteiger charge is 2.37. The quantitative estimate of drug-likeness (QED) is 0.146. The second-order valence-corrected chi connectivity index (χ2v) is 20.1. The molecule has 0 aliphatic carbocycles. The molecule has 12 aromatic rings. The van der Waals surface area contributed by atoms with Gasteiger partial charge in [-0.15, -0.1) is 0 Å². The Hall–Kier alpha value is -13.5. The highest BCUT2D eigenvalue weighted by molar-refractivity contribution is 6.14. The molecule has 0 amide bonds. The fraction of sp³-hybridized carbons (Fsp3) is 0.0141. The number of alkyl halides is 3. The molecular weight excluding hydrogens is 1080 g/mol. The van der Waals surface area contributed by atoms with E-state index in [0.717, 1.165) is 6.07 Å².